The highest BCUT2D eigenvalue weighted by atomic mass is 16.6. The lowest BCUT2D eigenvalue weighted by molar-refractivity contribution is -0.137. The van der Waals surface area contributed by atoms with E-state index in [1.807, 2.05) is 6.92 Å². The average molecular weight is 250 g/mol. The van der Waals surface area contributed by atoms with Crippen LogP contribution in [0.3, 0.4) is 0 Å². The van der Waals surface area contributed by atoms with E-state index >= 15 is 0 Å². The molecule has 5 heteroatoms. The van der Waals surface area contributed by atoms with Crippen molar-refractivity contribution in [3.8, 4) is 11.5 Å². The quantitative estimate of drug-likeness (QED) is 0.462. The summed E-state index contributed by atoms with van der Waals surface area (Å²) in [6.07, 6.45) is 0. The lowest BCUT2D eigenvalue weighted by Crippen LogP contribution is -2.22. The van der Waals surface area contributed by atoms with Crippen LogP contribution in [-0.4, -0.2) is 31.6 Å². The van der Waals surface area contributed by atoms with Crippen molar-refractivity contribution in [2.45, 2.75) is 13.8 Å². The summed E-state index contributed by atoms with van der Waals surface area (Å²) in [5.74, 6) is -0.763. The maximum absolute atomic E-state index is 11.9. The van der Waals surface area contributed by atoms with Crippen LogP contribution >= 0.6 is 0 Å². The highest BCUT2D eigenvalue weighted by Crippen LogP contribution is 2.35. The van der Waals surface area contributed by atoms with Crippen molar-refractivity contribution >= 4 is 11.8 Å². The van der Waals surface area contributed by atoms with Crippen LogP contribution in [0.1, 0.15) is 22.8 Å². The number of ketones is 1. The van der Waals surface area contributed by atoms with E-state index in [0.717, 1.165) is 5.56 Å². The Morgan fingerprint density at radius 1 is 1.28 bits per heavy atom. The van der Waals surface area contributed by atoms with E-state index in [2.05, 4.69) is 0 Å². The van der Waals surface area contributed by atoms with Crippen LogP contribution in [0.5, 0.6) is 11.5 Å². The molecule has 2 rings (SSSR count). The molecule has 0 radical (unpaired) electrons. The zero-order valence-electron chi connectivity index (χ0n) is 10.3. The Morgan fingerprint density at radius 2 is 2.00 bits per heavy atom. The number of carbonyl (C=O) groups excluding carboxylic acids is 2. The number of carbonyl (C=O) groups is 2. The number of rotatable bonds is 3. The Balaban J connectivity index is 2.40. The largest absolute Gasteiger partial charge is 0.486 e. The predicted molar refractivity (Wildman–Crippen MR) is 63.1 cm³/mol. The summed E-state index contributed by atoms with van der Waals surface area (Å²) in [7, 11) is 0. The van der Waals surface area contributed by atoms with Gasteiger partial charge in [-0.2, -0.15) is 0 Å². The molecule has 0 saturated heterocycles. The fourth-order valence-corrected chi connectivity index (χ4v) is 1.77. The molecule has 18 heavy (non-hydrogen) atoms. The molecule has 0 N–H and O–H groups in total. The summed E-state index contributed by atoms with van der Waals surface area (Å²) >= 11 is 0. The number of esters is 1. The van der Waals surface area contributed by atoms with Crippen molar-refractivity contribution in [1.82, 2.24) is 0 Å². The van der Waals surface area contributed by atoms with Gasteiger partial charge in [-0.15, -0.1) is 0 Å². The van der Waals surface area contributed by atoms with Crippen LogP contribution in [0.4, 0.5) is 0 Å². The summed E-state index contributed by atoms with van der Waals surface area (Å²) < 4.78 is 15.5. The second-order valence-electron chi connectivity index (χ2n) is 3.89. The van der Waals surface area contributed by atoms with Gasteiger partial charge in [0, 0.05) is 0 Å². The zero-order chi connectivity index (χ0) is 13.1. The Bertz CT molecular complexity index is 492. The molecule has 96 valence electrons. The van der Waals surface area contributed by atoms with E-state index in [1.54, 1.807) is 19.1 Å². The summed E-state index contributed by atoms with van der Waals surface area (Å²) in [5.41, 5.74) is 1.02. The SMILES string of the molecule is CCOC(=O)C(=O)c1cc(C)cc2c1OCCO2. The first-order valence-electron chi connectivity index (χ1n) is 5.75. The van der Waals surface area contributed by atoms with Crippen molar-refractivity contribution in [1.29, 1.82) is 0 Å². The number of fused-ring (bicyclic) bond motifs is 1. The third-order valence-electron chi connectivity index (χ3n) is 2.49. The summed E-state index contributed by atoms with van der Waals surface area (Å²) in [5, 5.41) is 0. The van der Waals surface area contributed by atoms with Crippen molar-refractivity contribution in [2.24, 2.45) is 0 Å². The van der Waals surface area contributed by atoms with Gasteiger partial charge in [-0.25, -0.2) is 4.79 Å². The summed E-state index contributed by atoms with van der Waals surface area (Å²) in [6, 6.07) is 3.38. The highest BCUT2D eigenvalue weighted by Gasteiger charge is 2.26. The first-order valence-corrected chi connectivity index (χ1v) is 5.75. The van der Waals surface area contributed by atoms with Gasteiger partial charge in [-0.05, 0) is 31.5 Å². The van der Waals surface area contributed by atoms with Gasteiger partial charge in [0.25, 0.3) is 5.78 Å². The van der Waals surface area contributed by atoms with Crippen LogP contribution in [0.15, 0.2) is 12.1 Å². The first-order chi connectivity index (χ1) is 8.63. The van der Waals surface area contributed by atoms with Crippen molar-refractivity contribution in [3.63, 3.8) is 0 Å². The molecule has 1 heterocycles. The molecule has 5 nitrogen and oxygen atoms in total. The molecule has 0 aromatic heterocycles. The Morgan fingerprint density at radius 3 is 2.72 bits per heavy atom. The maximum atomic E-state index is 11.9. The van der Waals surface area contributed by atoms with Gasteiger partial charge >= 0.3 is 5.97 Å². The third kappa shape index (κ3) is 2.30. The molecule has 0 saturated carbocycles. The lowest BCUT2D eigenvalue weighted by atomic mass is 10.1. The van der Waals surface area contributed by atoms with Gasteiger partial charge in [0.1, 0.15) is 13.2 Å². The molecule has 0 bridgehead atoms. The minimum atomic E-state index is -0.875. The number of hydrogen-bond donors (Lipinski definition) is 0. The monoisotopic (exact) mass is 250 g/mol. The molecule has 0 fully saturated rings. The third-order valence-corrected chi connectivity index (χ3v) is 2.49. The average Bonchev–Trinajstić information content (AvgIpc) is 2.37. The van der Waals surface area contributed by atoms with E-state index in [0.29, 0.717) is 24.7 Å². The van der Waals surface area contributed by atoms with Gasteiger partial charge in [0.15, 0.2) is 11.5 Å². The molecule has 0 aliphatic carbocycles. The normalized spacial score (nSPS) is 13.0. The number of Topliss-reactive ketones (excluding diaryl/α,β-unsaturated/α-hetero) is 1. The first kappa shape index (κ1) is 12.4. The summed E-state index contributed by atoms with van der Waals surface area (Å²) in [6.45, 7) is 4.43. The molecule has 1 aliphatic rings. The molecule has 0 unspecified atom stereocenters. The van der Waals surface area contributed by atoms with Crippen LogP contribution in [0.25, 0.3) is 0 Å². The van der Waals surface area contributed by atoms with E-state index in [4.69, 9.17) is 14.2 Å². The van der Waals surface area contributed by atoms with Crippen molar-refractivity contribution < 1.29 is 23.8 Å². The molecule has 0 amide bonds. The Hall–Kier alpha value is -2.04. The fourth-order valence-electron chi connectivity index (χ4n) is 1.77. The standard InChI is InChI=1S/C13H14O5/c1-3-16-13(15)11(14)9-6-8(2)7-10-12(9)18-5-4-17-10/h6-7H,3-5H2,1-2H3. The molecule has 0 spiro atoms. The number of hydrogen-bond acceptors (Lipinski definition) is 5. The molecule has 1 aromatic rings. The highest BCUT2D eigenvalue weighted by molar-refractivity contribution is 6.41. The maximum Gasteiger partial charge on any atom is 0.379 e. The Labute approximate surface area is 105 Å². The van der Waals surface area contributed by atoms with Crippen LogP contribution in [0, 0.1) is 6.92 Å². The Kier molecular flexibility index (Phi) is 3.50. The fraction of sp³-hybridized carbons (Fsp3) is 0.385. The topological polar surface area (TPSA) is 61.8 Å². The van der Waals surface area contributed by atoms with E-state index < -0.39 is 11.8 Å². The zero-order valence-corrected chi connectivity index (χ0v) is 10.3. The lowest BCUT2D eigenvalue weighted by Gasteiger charge is -2.21. The van der Waals surface area contributed by atoms with Crippen molar-refractivity contribution in [2.75, 3.05) is 19.8 Å². The molecular formula is C13H14O5. The number of aryl methyl sites for hydroxylation is 1. The molecule has 1 aliphatic heterocycles. The van der Waals surface area contributed by atoms with E-state index in [9.17, 15) is 9.59 Å². The molecular weight excluding hydrogens is 236 g/mol. The van der Waals surface area contributed by atoms with Crippen LogP contribution < -0.4 is 9.47 Å². The predicted octanol–water partition coefficient (Wildman–Crippen LogP) is 1.51. The number of ether oxygens (including phenoxy) is 3. The van der Waals surface area contributed by atoms with Crippen LogP contribution in [-0.2, 0) is 9.53 Å². The molecule has 0 atom stereocenters. The van der Waals surface area contributed by atoms with Gasteiger partial charge in [0.2, 0.25) is 0 Å². The van der Waals surface area contributed by atoms with Crippen molar-refractivity contribution in [3.05, 3.63) is 23.3 Å². The van der Waals surface area contributed by atoms with Crippen LogP contribution in [0.2, 0.25) is 0 Å². The van der Waals surface area contributed by atoms with E-state index in [-0.39, 0.29) is 12.2 Å². The van der Waals surface area contributed by atoms with Gasteiger partial charge in [0.05, 0.1) is 12.2 Å². The summed E-state index contributed by atoms with van der Waals surface area (Å²) in [4.78, 5) is 23.4. The van der Waals surface area contributed by atoms with Gasteiger partial charge < -0.3 is 14.2 Å². The van der Waals surface area contributed by atoms with Gasteiger partial charge in [-0.1, -0.05) is 0 Å². The molecule has 1 aromatic carbocycles. The smallest absolute Gasteiger partial charge is 0.379 e. The van der Waals surface area contributed by atoms with E-state index in [1.165, 1.54) is 0 Å². The number of benzene rings is 1. The van der Waals surface area contributed by atoms with Gasteiger partial charge in [-0.3, -0.25) is 4.79 Å². The minimum Gasteiger partial charge on any atom is -0.486 e. The minimum absolute atomic E-state index is 0.163. The second-order valence-corrected chi connectivity index (χ2v) is 3.89. The second kappa shape index (κ2) is 5.08.